The van der Waals surface area contributed by atoms with Crippen LogP contribution >= 0.6 is 0 Å². The van der Waals surface area contributed by atoms with Gasteiger partial charge in [-0.2, -0.15) is 0 Å². The molecule has 1 saturated carbocycles. The predicted octanol–water partition coefficient (Wildman–Crippen LogP) is 2.32. The minimum Gasteiger partial charge on any atom is -0.385 e. The number of rotatable bonds is 5. The van der Waals surface area contributed by atoms with Crippen LogP contribution in [0.25, 0.3) is 0 Å². The van der Waals surface area contributed by atoms with E-state index in [1.807, 2.05) is 0 Å². The van der Waals surface area contributed by atoms with Gasteiger partial charge in [-0.25, -0.2) is 0 Å². The molecule has 1 fully saturated rings. The zero-order chi connectivity index (χ0) is 9.52. The Bertz CT molecular complexity index is 127. The lowest BCUT2D eigenvalue weighted by atomic mass is 9.83. The van der Waals surface area contributed by atoms with Crippen molar-refractivity contribution in [3.63, 3.8) is 0 Å². The van der Waals surface area contributed by atoms with Crippen molar-refractivity contribution in [2.75, 3.05) is 13.7 Å². The molecule has 0 bridgehead atoms. The van der Waals surface area contributed by atoms with Gasteiger partial charge in [-0.3, -0.25) is 0 Å². The first-order valence-corrected chi connectivity index (χ1v) is 5.57. The summed E-state index contributed by atoms with van der Waals surface area (Å²) in [5.41, 5.74) is 5.93. The average Bonchev–Trinajstić information content (AvgIpc) is 2.13. The van der Waals surface area contributed by atoms with Gasteiger partial charge in [0, 0.05) is 19.8 Å². The van der Waals surface area contributed by atoms with Gasteiger partial charge in [0.25, 0.3) is 0 Å². The normalized spacial score (nSPS) is 29.1. The molecule has 0 aromatic carbocycles. The largest absolute Gasteiger partial charge is 0.385 e. The Hall–Kier alpha value is -0.0800. The molecule has 1 aliphatic carbocycles. The second-order valence-corrected chi connectivity index (χ2v) is 4.28. The molecule has 0 heterocycles. The van der Waals surface area contributed by atoms with Crippen molar-refractivity contribution in [3.8, 4) is 0 Å². The highest BCUT2D eigenvalue weighted by molar-refractivity contribution is 4.74. The van der Waals surface area contributed by atoms with E-state index in [1.54, 1.807) is 7.11 Å². The Morgan fingerprint density at radius 3 is 2.85 bits per heavy atom. The van der Waals surface area contributed by atoms with E-state index < -0.39 is 0 Å². The van der Waals surface area contributed by atoms with Gasteiger partial charge in [0.15, 0.2) is 0 Å². The van der Waals surface area contributed by atoms with Crippen LogP contribution in [0, 0.1) is 5.92 Å². The van der Waals surface area contributed by atoms with Crippen LogP contribution in [-0.4, -0.2) is 19.8 Å². The molecule has 0 radical (unpaired) electrons. The quantitative estimate of drug-likeness (QED) is 0.667. The summed E-state index contributed by atoms with van der Waals surface area (Å²) in [6, 6.07) is 0.487. The summed E-state index contributed by atoms with van der Waals surface area (Å²) in [6.07, 6.45) is 9.13. The lowest BCUT2D eigenvalue weighted by molar-refractivity contribution is 0.187. The van der Waals surface area contributed by atoms with E-state index in [9.17, 15) is 0 Å². The third-order valence-electron chi connectivity index (χ3n) is 3.03. The van der Waals surface area contributed by atoms with Crippen LogP contribution in [0.2, 0.25) is 0 Å². The predicted molar refractivity (Wildman–Crippen MR) is 55.7 cm³/mol. The molecule has 0 aromatic rings. The Balaban J connectivity index is 2.00. The van der Waals surface area contributed by atoms with Crippen LogP contribution in [0.1, 0.15) is 44.9 Å². The molecule has 0 spiro atoms. The number of hydrogen-bond acceptors (Lipinski definition) is 2. The molecule has 0 aromatic heterocycles. The lowest BCUT2D eigenvalue weighted by Crippen LogP contribution is -2.27. The van der Waals surface area contributed by atoms with E-state index in [0.717, 1.165) is 12.5 Å². The first-order valence-electron chi connectivity index (χ1n) is 5.57. The van der Waals surface area contributed by atoms with Crippen LogP contribution in [0.15, 0.2) is 0 Å². The van der Waals surface area contributed by atoms with E-state index in [4.69, 9.17) is 10.5 Å². The van der Waals surface area contributed by atoms with Gasteiger partial charge in [-0.1, -0.05) is 25.7 Å². The van der Waals surface area contributed by atoms with Crippen LogP contribution < -0.4 is 5.73 Å². The molecule has 2 N–H and O–H groups in total. The first kappa shape index (κ1) is 11.0. The monoisotopic (exact) mass is 185 g/mol. The number of ether oxygens (including phenoxy) is 1. The number of methoxy groups -OCH3 is 1. The molecule has 2 atom stereocenters. The fourth-order valence-electron chi connectivity index (χ4n) is 2.27. The average molecular weight is 185 g/mol. The van der Waals surface area contributed by atoms with Crippen molar-refractivity contribution in [1.29, 1.82) is 0 Å². The van der Waals surface area contributed by atoms with Crippen molar-refractivity contribution < 1.29 is 4.74 Å². The molecule has 13 heavy (non-hydrogen) atoms. The molecule has 0 amide bonds. The second-order valence-electron chi connectivity index (χ2n) is 4.28. The smallest absolute Gasteiger partial charge is 0.0462 e. The third kappa shape index (κ3) is 4.63. The Morgan fingerprint density at radius 1 is 1.31 bits per heavy atom. The molecule has 2 nitrogen and oxygen atoms in total. The van der Waals surface area contributed by atoms with Crippen LogP contribution in [0.3, 0.4) is 0 Å². The van der Waals surface area contributed by atoms with Gasteiger partial charge in [0.2, 0.25) is 0 Å². The van der Waals surface area contributed by atoms with Gasteiger partial charge < -0.3 is 10.5 Å². The molecule has 1 aliphatic rings. The Morgan fingerprint density at radius 2 is 2.15 bits per heavy atom. The fourth-order valence-corrected chi connectivity index (χ4v) is 2.27. The zero-order valence-electron chi connectivity index (χ0n) is 8.80. The van der Waals surface area contributed by atoms with Crippen molar-refractivity contribution in [3.05, 3.63) is 0 Å². The maximum absolute atomic E-state index is 5.93. The van der Waals surface area contributed by atoms with Crippen LogP contribution in [0.4, 0.5) is 0 Å². The van der Waals surface area contributed by atoms with Crippen molar-refractivity contribution in [1.82, 2.24) is 0 Å². The molecule has 0 saturated heterocycles. The molecule has 0 aliphatic heterocycles. The standard InChI is InChI=1S/C11H23NO/c1-13-8-3-2-5-10-6-4-7-11(12)9-10/h10-11H,2-9,12H2,1H3. The summed E-state index contributed by atoms with van der Waals surface area (Å²) in [6.45, 7) is 0.915. The highest BCUT2D eigenvalue weighted by Crippen LogP contribution is 2.27. The summed E-state index contributed by atoms with van der Waals surface area (Å²) >= 11 is 0. The maximum atomic E-state index is 5.93. The summed E-state index contributed by atoms with van der Waals surface area (Å²) in [5.74, 6) is 0.903. The molecule has 1 rings (SSSR count). The minimum atomic E-state index is 0.487. The van der Waals surface area contributed by atoms with Gasteiger partial charge in [-0.05, 0) is 25.2 Å². The van der Waals surface area contributed by atoms with E-state index in [2.05, 4.69) is 0 Å². The summed E-state index contributed by atoms with van der Waals surface area (Å²) < 4.78 is 5.03. The highest BCUT2D eigenvalue weighted by Gasteiger charge is 2.18. The zero-order valence-corrected chi connectivity index (χ0v) is 8.80. The SMILES string of the molecule is COCCCCC1CCCC(N)C1. The minimum absolute atomic E-state index is 0.487. The molecular weight excluding hydrogens is 162 g/mol. The molecule has 78 valence electrons. The van der Waals surface area contributed by atoms with Crippen molar-refractivity contribution >= 4 is 0 Å². The maximum Gasteiger partial charge on any atom is 0.0462 e. The lowest BCUT2D eigenvalue weighted by Gasteiger charge is -2.26. The summed E-state index contributed by atoms with van der Waals surface area (Å²) in [4.78, 5) is 0. The summed E-state index contributed by atoms with van der Waals surface area (Å²) in [5, 5.41) is 0. The second kappa shape index (κ2) is 6.39. The number of nitrogens with two attached hydrogens (primary N) is 1. The fraction of sp³-hybridized carbons (Fsp3) is 1.00. The first-order chi connectivity index (χ1) is 6.33. The highest BCUT2D eigenvalue weighted by atomic mass is 16.5. The number of hydrogen-bond donors (Lipinski definition) is 1. The van der Waals surface area contributed by atoms with Crippen molar-refractivity contribution in [2.45, 2.75) is 51.0 Å². The van der Waals surface area contributed by atoms with Gasteiger partial charge >= 0.3 is 0 Å². The van der Waals surface area contributed by atoms with E-state index in [0.29, 0.717) is 6.04 Å². The van der Waals surface area contributed by atoms with Gasteiger partial charge in [-0.15, -0.1) is 0 Å². The molecule has 2 unspecified atom stereocenters. The van der Waals surface area contributed by atoms with E-state index >= 15 is 0 Å². The number of unbranched alkanes of at least 4 members (excludes halogenated alkanes) is 1. The van der Waals surface area contributed by atoms with Crippen LogP contribution in [0.5, 0.6) is 0 Å². The van der Waals surface area contributed by atoms with Gasteiger partial charge in [0.05, 0.1) is 0 Å². The molecule has 2 heteroatoms. The van der Waals surface area contributed by atoms with Crippen molar-refractivity contribution in [2.24, 2.45) is 11.7 Å². The van der Waals surface area contributed by atoms with Gasteiger partial charge in [0.1, 0.15) is 0 Å². The topological polar surface area (TPSA) is 35.2 Å². The summed E-state index contributed by atoms with van der Waals surface area (Å²) in [7, 11) is 1.77. The Labute approximate surface area is 81.8 Å². The Kier molecular flexibility index (Phi) is 5.40. The van der Waals surface area contributed by atoms with Crippen LogP contribution in [-0.2, 0) is 4.74 Å². The third-order valence-corrected chi connectivity index (χ3v) is 3.03. The van der Waals surface area contributed by atoms with E-state index in [1.165, 1.54) is 44.9 Å². The molecular formula is C11H23NO. The van der Waals surface area contributed by atoms with E-state index in [-0.39, 0.29) is 0 Å².